The zero-order valence-corrected chi connectivity index (χ0v) is 11.6. The maximum Gasteiger partial charge on any atom is 0.317 e. The van der Waals surface area contributed by atoms with E-state index < -0.39 is 11.9 Å². The van der Waals surface area contributed by atoms with Crippen molar-refractivity contribution in [3.05, 3.63) is 48.6 Å². The Morgan fingerprint density at radius 1 is 1.40 bits per heavy atom. The molecule has 0 saturated heterocycles. The summed E-state index contributed by atoms with van der Waals surface area (Å²) in [6.45, 7) is 6.48. The van der Waals surface area contributed by atoms with Gasteiger partial charge in [-0.05, 0) is 12.5 Å². The Hall–Kier alpha value is -2.30. The highest BCUT2D eigenvalue weighted by molar-refractivity contribution is 5.79. The fourth-order valence-electron chi connectivity index (χ4n) is 1.85. The molecule has 108 valence electrons. The van der Waals surface area contributed by atoms with Crippen LogP contribution < -0.4 is 5.32 Å². The molecule has 5 heteroatoms. The minimum absolute atomic E-state index is 0.0613. The number of carboxylic acids is 1. The fraction of sp³-hybridized carbons (Fsp3) is 0.333. The summed E-state index contributed by atoms with van der Waals surface area (Å²) >= 11 is 0. The maximum atomic E-state index is 11.9. The summed E-state index contributed by atoms with van der Waals surface area (Å²) in [4.78, 5) is 24.7. The highest BCUT2D eigenvalue weighted by Crippen LogP contribution is 2.14. The summed E-state index contributed by atoms with van der Waals surface area (Å²) in [6, 6.07) is 8.59. The molecule has 5 nitrogen and oxygen atoms in total. The number of nitrogens with zero attached hydrogens (tertiary/aromatic N) is 1. The number of carbonyl (C=O) groups excluding carboxylic acids is 1. The summed E-state index contributed by atoms with van der Waals surface area (Å²) < 4.78 is 0. The van der Waals surface area contributed by atoms with Crippen LogP contribution in [-0.4, -0.2) is 41.6 Å². The number of aliphatic carboxylic acids is 1. The lowest BCUT2D eigenvalue weighted by atomic mass is 9.99. The van der Waals surface area contributed by atoms with Crippen molar-refractivity contribution in [3.8, 4) is 0 Å². The van der Waals surface area contributed by atoms with Gasteiger partial charge < -0.3 is 15.3 Å². The van der Waals surface area contributed by atoms with E-state index in [4.69, 9.17) is 0 Å². The Bertz CT molecular complexity index is 459. The lowest BCUT2D eigenvalue weighted by molar-refractivity contribution is -0.138. The fourth-order valence-corrected chi connectivity index (χ4v) is 1.85. The second-order valence-corrected chi connectivity index (χ2v) is 4.31. The molecule has 0 bridgehead atoms. The van der Waals surface area contributed by atoms with Crippen LogP contribution in [0.25, 0.3) is 0 Å². The molecule has 0 fully saturated rings. The third-order valence-electron chi connectivity index (χ3n) is 2.98. The molecule has 2 N–H and O–H groups in total. The van der Waals surface area contributed by atoms with Crippen molar-refractivity contribution < 1.29 is 14.7 Å². The van der Waals surface area contributed by atoms with Crippen LogP contribution in [-0.2, 0) is 4.79 Å². The molecule has 1 atom stereocenters. The molecule has 0 saturated carbocycles. The molecule has 0 aromatic heterocycles. The minimum Gasteiger partial charge on any atom is -0.481 e. The smallest absolute Gasteiger partial charge is 0.317 e. The lowest BCUT2D eigenvalue weighted by Crippen LogP contribution is -2.42. The first-order chi connectivity index (χ1) is 9.60. The topological polar surface area (TPSA) is 69.6 Å². The SMILES string of the molecule is C=CCN(CC)C(=O)NCC(C(=O)O)c1ccccc1. The van der Waals surface area contributed by atoms with E-state index in [1.165, 1.54) is 0 Å². The van der Waals surface area contributed by atoms with Crippen LogP contribution in [0.2, 0.25) is 0 Å². The minimum atomic E-state index is -0.955. The van der Waals surface area contributed by atoms with Crippen molar-refractivity contribution in [2.45, 2.75) is 12.8 Å². The van der Waals surface area contributed by atoms with Crippen LogP contribution in [0.15, 0.2) is 43.0 Å². The van der Waals surface area contributed by atoms with Gasteiger partial charge >= 0.3 is 12.0 Å². The number of carboxylic acid groups (broad SMARTS) is 1. The molecule has 0 spiro atoms. The standard InChI is InChI=1S/C15H20N2O3/c1-3-10-17(4-2)15(20)16-11-13(14(18)19)12-8-6-5-7-9-12/h3,5-9,13H,1,4,10-11H2,2H3,(H,16,20)(H,18,19). The van der Waals surface area contributed by atoms with Crippen molar-refractivity contribution in [1.82, 2.24) is 10.2 Å². The molecule has 1 rings (SSSR count). The number of amides is 2. The van der Waals surface area contributed by atoms with Gasteiger partial charge in [0.15, 0.2) is 0 Å². The lowest BCUT2D eigenvalue weighted by Gasteiger charge is -2.21. The van der Waals surface area contributed by atoms with Gasteiger partial charge in [0.05, 0.1) is 5.92 Å². The molecule has 1 aromatic rings. The number of urea groups is 1. The van der Waals surface area contributed by atoms with Gasteiger partial charge in [-0.2, -0.15) is 0 Å². The van der Waals surface area contributed by atoms with E-state index in [-0.39, 0.29) is 12.6 Å². The van der Waals surface area contributed by atoms with Crippen LogP contribution in [0.4, 0.5) is 4.79 Å². The number of nitrogens with one attached hydrogen (secondary N) is 1. The summed E-state index contributed by atoms with van der Waals surface area (Å²) in [5, 5.41) is 11.9. The first kappa shape index (κ1) is 15.8. The second kappa shape index (κ2) is 7.99. The van der Waals surface area contributed by atoms with Crippen molar-refractivity contribution in [1.29, 1.82) is 0 Å². The van der Waals surface area contributed by atoms with Gasteiger partial charge in [-0.15, -0.1) is 6.58 Å². The molecule has 0 radical (unpaired) electrons. The highest BCUT2D eigenvalue weighted by atomic mass is 16.4. The largest absolute Gasteiger partial charge is 0.481 e. The van der Waals surface area contributed by atoms with Crippen LogP contribution in [0.5, 0.6) is 0 Å². The molecule has 0 aliphatic heterocycles. The monoisotopic (exact) mass is 276 g/mol. The second-order valence-electron chi connectivity index (χ2n) is 4.31. The molecule has 0 aliphatic rings. The third-order valence-corrected chi connectivity index (χ3v) is 2.98. The summed E-state index contributed by atoms with van der Waals surface area (Å²) in [5.41, 5.74) is 0.673. The van der Waals surface area contributed by atoms with Crippen LogP contribution >= 0.6 is 0 Å². The molecule has 1 unspecified atom stereocenters. The maximum absolute atomic E-state index is 11.9. The summed E-state index contributed by atoms with van der Waals surface area (Å²) in [5.74, 6) is -1.70. The average Bonchev–Trinajstić information content (AvgIpc) is 2.45. The van der Waals surface area contributed by atoms with Crippen molar-refractivity contribution >= 4 is 12.0 Å². The molecule has 20 heavy (non-hydrogen) atoms. The summed E-state index contributed by atoms with van der Waals surface area (Å²) in [6.07, 6.45) is 1.63. The van der Waals surface area contributed by atoms with Gasteiger partial charge in [-0.25, -0.2) is 4.79 Å². The van der Waals surface area contributed by atoms with Gasteiger partial charge in [-0.3, -0.25) is 4.79 Å². The molecule has 0 aliphatic carbocycles. The normalized spacial score (nSPS) is 11.4. The van der Waals surface area contributed by atoms with Gasteiger partial charge in [0.2, 0.25) is 0 Å². The van der Waals surface area contributed by atoms with E-state index in [9.17, 15) is 14.7 Å². The number of carbonyl (C=O) groups is 2. The Balaban J connectivity index is 2.67. The molecular formula is C15H20N2O3. The van der Waals surface area contributed by atoms with Crippen molar-refractivity contribution in [2.24, 2.45) is 0 Å². The Kier molecular flexibility index (Phi) is 6.29. The Labute approximate surface area is 118 Å². The number of benzene rings is 1. The Morgan fingerprint density at radius 2 is 2.05 bits per heavy atom. The average molecular weight is 276 g/mol. The molecule has 1 aromatic carbocycles. The van der Waals surface area contributed by atoms with Gasteiger partial charge in [0, 0.05) is 19.6 Å². The van der Waals surface area contributed by atoms with E-state index in [1.54, 1.807) is 35.2 Å². The third kappa shape index (κ3) is 4.42. The van der Waals surface area contributed by atoms with Crippen LogP contribution in [0.3, 0.4) is 0 Å². The molecule has 0 heterocycles. The highest BCUT2D eigenvalue weighted by Gasteiger charge is 2.21. The van der Waals surface area contributed by atoms with Gasteiger partial charge in [-0.1, -0.05) is 36.4 Å². The zero-order valence-electron chi connectivity index (χ0n) is 11.6. The van der Waals surface area contributed by atoms with Crippen molar-refractivity contribution in [3.63, 3.8) is 0 Å². The van der Waals surface area contributed by atoms with E-state index in [0.717, 1.165) is 0 Å². The predicted molar refractivity (Wildman–Crippen MR) is 77.7 cm³/mol. The molecule has 2 amide bonds. The van der Waals surface area contributed by atoms with Gasteiger partial charge in [0.25, 0.3) is 0 Å². The van der Waals surface area contributed by atoms with Crippen LogP contribution in [0, 0.1) is 0 Å². The number of rotatable bonds is 7. The first-order valence-corrected chi connectivity index (χ1v) is 6.51. The molecular weight excluding hydrogens is 256 g/mol. The summed E-state index contributed by atoms with van der Waals surface area (Å²) in [7, 11) is 0. The number of likely N-dealkylation sites (N-methyl/N-ethyl adjacent to an activating group) is 1. The van der Waals surface area contributed by atoms with Crippen LogP contribution in [0.1, 0.15) is 18.4 Å². The van der Waals surface area contributed by atoms with E-state index in [1.807, 2.05) is 13.0 Å². The predicted octanol–water partition coefficient (Wildman–Crippen LogP) is 2.07. The van der Waals surface area contributed by atoms with E-state index in [0.29, 0.717) is 18.7 Å². The Morgan fingerprint density at radius 3 is 2.55 bits per heavy atom. The van der Waals surface area contributed by atoms with E-state index >= 15 is 0 Å². The number of hydrogen-bond donors (Lipinski definition) is 2. The quantitative estimate of drug-likeness (QED) is 0.749. The number of hydrogen-bond acceptors (Lipinski definition) is 2. The first-order valence-electron chi connectivity index (χ1n) is 6.51. The van der Waals surface area contributed by atoms with Gasteiger partial charge in [0.1, 0.15) is 0 Å². The zero-order chi connectivity index (χ0) is 15.0. The van der Waals surface area contributed by atoms with Crippen molar-refractivity contribution in [2.75, 3.05) is 19.6 Å². The van der Waals surface area contributed by atoms with E-state index in [2.05, 4.69) is 11.9 Å².